The second kappa shape index (κ2) is 6.59. The molecular weight excluding hydrogens is 232 g/mol. The summed E-state index contributed by atoms with van der Waals surface area (Å²) in [6.45, 7) is 6.36. The minimum absolute atomic E-state index is 0.460. The largest absolute Gasteiger partial charge is 0.451 e. The Kier molecular flexibility index (Phi) is 5.11. The van der Waals surface area contributed by atoms with E-state index in [1.54, 1.807) is 18.2 Å². The van der Waals surface area contributed by atoms with E-state index < -0.39 is 18.0 Å². The van der Waals surface area contributed by atoms with Crippen LogP contribution in [0, 0.1) is 0 Å². The van der Waals surface area contributed by atoms with Crippen LogP contribution in [0.5, 0.6) is 5.75 Å². The van der Waals surface area contributed by atoms with Gasteiger partial charge in [0.1, 0.15) is 5.75 Å². The molecule has 1 aromatic rings. The number of carbonyl (C=O) groups excluding carboxylic acids is 2. The van der Waals surface area contributed by atoms with E-state index in [4.69, 9.17) is 9.47 Å². The zero-order valence-electron chi connectivity index (χ0n) is 10.5. The molecule has 0 saturated heterocycles. The lowest BCUT2D eigenvalue weighted by atomic mass is 10.1. The molecule has 1 rings (SSSR count). The predicted molar refractivity (Wildman–Crippen MR) is 67.2 cm³/mol. The van der Waals surface area contributed by atoms with Gasteiger partial charge in [-0.2, -0.15) is 0 Å². The summed E-state index contributed by atoms with van der Waals surface area (Å²) >= 11 is 0. The number of allylic oxidation sites excluding steroid dienone is 1. The lowest BCUT2D eigenvalue weighted by Crippen LogP contribution is -2.27. The van der Waals surface area contributed by atoms with Crippen LogP contribution in [0.2, 0.25) is 0 Å². The molecule has 4 heteroatoms. The normalized spacial score (nSPS) is 11.4. The summed E-state index contributed by atoms with van der Waals surface area (Å²) < 4.78 is 9.95. The zero-order chi connectivity index (χ0) is 13.5. The van der Waals surface area contributed by atoms with Gasteiger partial charge >= 0.3 is 11.9 Å². The molecule has 1 unspecified atom stereocenters. The van der Waals surface area contributed by atoms with Crippen LogP contribution in [-0.4, -0.2) is 18.0 Å². The highest BCUT2D eigenvalue weighted by Gasteiger charge is 2.19. The van der Waals surface area contributed by atoms with Crippen molar-refractivity contribution in [3.63, 3.8) is 0 Å². The van der Waals surface area contributed by atoms with Crippen LogP contribution in [0.3, 0.4) is 0 Å². The molecule has 0 saturated carbocycles. The van der Waals surface area contributed by atoms with Gasteiger partial charge in [0.05, 0.1) is 0 Å². The van der Waals surface area contributed by atoms with Gasteiger partial charge in [-0.1, -0.05) is 24.3 Å². The number of para-hydroxylation sites is 1. The predicted octanol–water partition coefficient (Wildman–Crippen LogP) is 2.27. The Balaban J connectivity index is 2.74. The van der Waals surface area contributed by atoms with Crippen LogP contribution < -0.4 is 4.74 Å². The van der Waals surface area contributed by atoms with Crippen molar-refractivity contribution in [2.45, 2.75) is 26.4 Å². The summed E-state index contributed by atoms with van der Waals surface area (Å²) in [6, 6.07) is 7.16. The molecule has 0 spiro atoms. The van der Waals surface area contributed by atoms with Crippen LogP contribution in [0.15, 0.2) is 36.9 Å². The first-order chi connectivity index (χ1) is 8.54. The molecule has 0 aliphatic carbocycles. The first-order valence-corrected chi connectivity index (χ1v) is 5.62. The number of esters is 2. The Hall–Kier alpha value is -2.10. The lowest BCUT2D eigenvalue weighted by molar-refractivity contribution is -0.159. The Morgan fingerprint density at radius 3 is 2.67 bits per heavy atom. The molecule has 0 aromatic heterocycles. The van der Waals surface area contributed by atoms with Crippen LogP contribution in [-0.2, 0) is 20.7 Å². The molecule has 0 heterocycles. The molecule has 18 heavy (non-hydrogen) atoms. The first-order valence-electron chi connectivity index (χ1n) is 5.62. The molecule has 4 nitrogen and oxygen atoms in total. The minimum Gasteiger partial charge on any atom is -0.451 e. The van der Waals surface area contributed by atoms with Gasteiger partial charge in [-0.25, -0.2) is 4.79 Å². The lowest BCUT2D eigenvalue weighted by Gasteiger charge is -2.13. The molecule has 0 bridgehead atoms. The molecule has 0 radical (unpaired) electrons. The maximum atomic E-state index is 11.7. The van der Waals surface area contributed by atoms with Crippen LogP contribution in [0.4, 0.5) is 0 Å². The Bertz CT molecular complexity index is 451. The standard InChI is InChI=1S/C14H16O4/c1-4-7-12-8-5-6-9-13(12)18-14(16)10(2)17-11(3)15/h4-6,8-10H,1,7H2,2-3H3. The van der Waals surface area contributed by atoms with Gasteiger partial charge in [-0.3, -0.25) is 4.79 Å². The highest BCUT2D eigenvalue weighted by Crippen LogP contribution is 2.19. The molecule has 0 fully saturated rings. The number of ether oxygens (including phenoxy) is 2. The van der Waals surface area contributed by atoms with E-state index in [2.05, 4.69) is 6.58 Å². The number of rotatable bonds is 5. The molecule has 96 valence electrons. The zero-order valence-corrected chi connectivity index (χ0v) is 10.5. The van der Waals surface area contributed by atoms with Gasteiger partial charge in [-0.15, -0.1) is 6.58 Å². The number of hydrogen-bond donors (Lipinski definition) is 0. The quantitative estimate of drug-likeness (QED) is 0.455. The molecule has 0 N–H and O–H groups in total. The van der Waals surface area contributed by atoms with Gasteiger partial charge in [0.15, 0.2) is 6.10 Å². The summed E-state index contributed by atoms with van der Waals surface area (Å²) in [5.74, 6) is -0.651. The second-order valence-corrected chi connectivity index (χ2v) is 3.77. The van der Waals surface area contributed by atoms with Crippen molar-refractivity contribution in [3.8, 4) is 5.75 Å². The fourth-order valence-corrected chi connectivity index (χ4v) is 1.42. The smallest absolute Gasteiger partial charge is 0.352 e. The van der Waals surface area contributed by atoms with Gasteiger partial charge in [0.2, 0.25) is 0 Å². The molecular formula is C14H16O4. The Morgan fingerprint density at radius 1 is 1.39 bits per heavy atom. The van der Waals surface area contributed by atoms with E-state index >= 15 is 0 Å². The fraction of sp³-hybridized carbons (Fsp3) is 0.286. The maximum absolute atomic E-state index is 11.7. The van der Waals surface area contributed by atoms with E-state index in [1.807, 2.05) is 12.1 Å². The third kappa shape index (κ3) is 4.05. The van der Waals surface area contributed by atoms with Crippen molar-refractivity contribution in [2.24, 2.45) is 0 Å². The number of carbonyl (C=O) groups is 2. The van der Waals surface area contributed by atoms with E-state index in [0.717, 1.165) is 5.56 Å². The average Bonchev–Trinajstić information content (AvgIpc) is 2.31. The summed E-state index contributed by atoms with van der Waals surface area (Å²) in [5.41, 5.74) is 0.857. The second-order valence-electron chi connectivity index (χ2n) is 3.77. The molecule has 1 aromatic carbocycles. The van der Waals surface area contributed by atoms with Gasteiger partial charge < -0.3 is 9.47 Å². The molecule has 0 aliphatic heterocycles. The average molecular weight is 248 g/mol. The minimum atomic E-state index is -0.917. The highest BCUT2D eigenvalue weighted by molar-refractivity contribution is 5.80. The summed E-state index contributed by atoms with van der Waals surface area (Å²) in [7, 11) is 0. The summed E-state index contributed by atoms with van der Waals surface area (Å²) in [6.07, 6.45) is 1.41. The monoisotopic (exact) mass is 248 g/mol. The topological polar surface area (TPSA) is 52.6 Å². The van der Waals surface area contributed by atoms with Crippen molar-refractivity contribution in [1.82, 2.24) is 0 Å². The highest BCUT2D eigenvalue weighted by atomic mass is 16.6. The van der Waals surface area contributed by atoms with E-state index in [0.29, 0.717) is 12.2 Å². The van der Waals surface area contributed by atoms with Crippen molar-refractivity contribution in [2.75, 3.05) is 0 Å². The first kappa shape index (κ1) is 14.0. The summed E-state index contributed by atoms with van der Waals surface area (Å²) in [4.78, 5) is 22.4. The van der Waals surface area contributed by atoms with E-state index in [1.165, 1.54) is 13.8 Å². The number of benzene rings is 1. The SMILES string of the molecule is C=CCc1ccccc1OC(=O)C(C)OC(C)=O. The molecule has 0 aliphatic rings. The summed E-state index contributed by atoms with van der Waals surface area (Å²) in [5, 5.41) is 0. The Labute approximate surface area is 106 Å². The van der Waals surface area contributed by atoms with Crippen molar-refractivity contribution < 1.29 is 19.1 Å². The molecule has 1 atom stereocenters. The fourth-order valence-electron chi connectivity index (χ4n) is 1.42. The van der Waals surface area contributed by atoms with Gasteiger partial charge in [0.25, 0.3) is 0 Å². The van der Waals surface area contributed by atoms with Crippen LogP contribution in [0.25, 0.3) is 0 Å². The maximum Gasteiger partial charge on any atom is 0.352 e. The third-order valence-corrected chi connectivity index (χ3v) is 2.22. The van der Waals surface area contributed by atoms with E-state index in [-0.39, 0.29) is 0 Å². The van der Waals surface area contributed by atoms with Crippen molar-refractivity contribution in [1.29, 1.82) is 0 Å². The van der Waals surface area contributed by atoms with Crippen molar-refractivity contribution in [3.05, 3.63) is 42.5 Å². The van der Waals surface area contributed by atoms with Crippen LogP contribution in [0.1, 0.15) is 19.4 Å². The Morgan fingerprint density at radius 2 is 2.06 bits per heavy atom. The van der Waals surface area contributed by atoms with Crippen molar-refractivity contribution >= 4 is 11.9 Å². The molecule has 0 amide bonds. The van der Waals surface area contributed by atoms with Crippen LogP contribution >= 0.6 is 0 Å². The number of hydrogen-bond acceptors (Lipinski definition) is 4. The van der Waals surface area contributed by atoms with Gasteiger partial charge in [0, 0.05) is 6.92 Å². The van der Waals surface area contributed by atoms with Gasteiger partial charge in [-0.05, 0) is 25.0 Å². The van der Waals surface area contributed by atoms with E-state index in [9.17, 15) is 9.59 Å². The third-order valence-electron chi connectivity index (χ3n) is 2.22.